The highest BCUT2D eigenvalue weighted by Gasteiger charge is 2.18. The molecule has 24 heavy (non-hydrogen) atoms. The summed E-state index contributed by atoms with van der Waals surface area (Å²) in [5.74, 6) is -0.792. The maximum atomic E-state index is 11.9. The first-order chi connectivity index (χ1) is 11.4. The van der Waals surface area contributed by atoms with Gasteiger partial charge in [-0.1, -0.05) is 23.7 Å². The zero-order chi connectivity index (χ0) is 17.7. The van der Waals surface area contributed by atoms with E-state index in [9.17, 15) is 25.0 Å². The Hall–Kier alpha value is -3.33. The van der Waals surface area contributed by atoms with Crippen LogP contribution in [0.2, 0.25) is 5.02 Å². The van der Waals surface area contributed by atoms with E-state index in [1.807, 2.05) is 0 Å². The summed E-state index contributed by atoms with van der Waals surface area (Å²) in [5, 5.41) is 25.4. The van der Waals surface area contributed by atoms with Gasteiger partial charge in [-0.2, -0.15) is 5.10 Å². The molecule has 1 N–H and O–H groups in total. The standard InChI is InChI=1S/C14H9ClN4O5/c15-12-6-5-10(18(21)22)7-9(12)8-16-17-14(20)11-3-1-2-4-13(11)19(23)24/h1-8H,(H,17,20)/b16-8+. The Kier molecular flexibility index (Phi) is 5.17. The van der Waals surface area contributed by atoms with Crippen molar-refractivity contribution < 1.29 is 14.6 Å². The largest absolute Gasteiger partial charge is 0.282 e. The number of nitro benzene ring substituents is 2. The zero-order valence-corrected chi connectivity index (χ0v) is 12.6. The van der Waals surface area contributed by atoms with E-state index in [0.29, 0.717) is 0 Å². The molecule has 0 spiro atoms. The minimum absolute atomic E-state index is 0.162. The molecule has 1 amide bonds. The Morgan fingerprint density at radius 1 is 1.12 bits per heavy atom. The van der Waals surface area contributed by atoms with Crippen LogP contribution in [0.15, 0.2) is 47.6 Å². The molecule has 2 rings (SSSR count). The number of halogens is 1. The van der Waals surface area contributed by atoms with Crippen LogP contribution in [-0.2, 0) is 0 Å². The van der Waals surface area contributed by atoms with E-state index in [2.05, 4.69) is 10.5 Å². The van der Waals surface area contributed by atoms with Crippen molar-refractivity contribution in [2.45, 2.75) is 0 Å². The van der Waals surface area contributed by atoms with Crippen LogP contribution in [0.4, 0.5) is 11.4 Å². The second-order valence-corrected chi connectivity index (χ2v) is 4.84. The first kappa shape index (κ1) is 17.0. The topological polar surface area (TPSA) is 128 Å². The molecule has 0 aliphatic heterocycles. The summed E-state index contributed by atoms with van der Waals surface area (Å²) < 4.78 is 0. The Morgan fingerprint density at radius 3 is 2.50 bits per heavy atom. The van der Waals surface area contributed by atoms with Gasteiger partial charge < -0.3 is 0 Å². The van der Waals surface area contributed by atoms with Crippen LogP contribution in [0.1, 0.15) is 15.9 Å². The van der Waals surface area contributed by atoms with Crippen LogP contribution in [0.3, 0.4) is 0 Å². The maximum Gasteiger partial charge on any atom is 0.282 e. The number of carbonyl (C=O) groups is 1. The average molecular weight is 349 g/mol. The molecule has 10 heteroatoms. The second kappa shape index (κ2) is 7.29. The number of benzene rings is 2. The molecule has 0 bridgehead atoms. The number of nitrogens with one attached hydrogen (secondary N) is 1. The van der Waals surface area contributed by atoms with Gasteiger partial charge in [0.1, 0.15) is 5.56 Å². The van der Waals surface area contributed by atoms with Crippen LogP contribution >= 0.6 is 11.6 Å². The molecule has 0 saturated carbocycles. The highest BCUT2D eigenvalue weighted by Crippen LogP contribution is 2.20. The summed E-state index contributed by atoms with van der Waals surface area (Å²) in [6.07, 6.45) is 1.11. The minimum Gasteiger partial charge on any atom is -0.267 e. The van der Waals surface area contributed by atoms with Gasteiger partial charge in [0.05, 0.1) is 16.1 Å². The Bertz CT molecular complexity index is 853. The van der Waals surface area contributed by atoms with Gasteiger partial charge in [0, 0.05) is 28.8 Å². The SMILES string of the molecule is O=C(N/N=C/c1cc([N+](=O)[O-])ccc1Cl)c1ccccc1[N+](=O)[O-]. The number of hydrogen-bond acceptors (Lipinski definition) is 6. The van der Waals surface area contributed by atoms with Gasteiger partial charge in [0.25, 0.3) is 17.3 Å². The third kappa shape index (κ3) is 3.90. The van der Waals surface area contributed by atoms with Gasteiger partial charge in [-0.05, 0) is 12.1 Å². The van der Waals surface area contributed by atoms with E-state index in [1.54, 1.807) is 0 Å². The Morgan fingerprint density at radius 2 is 1.83 bits per heavy atom. The molecule has 0 aliphatic carbocycles. The second-order valence-electron chi connectivity index (χ2n) is 4.44. The molecule has 0 radical (unpaired) electrons. The maximum absolute atomic E-state index is 11.9. The first-order valence-electron chi connectivity index (χ1n) is 6.41. The smallest absolute Gasteiger partial charge is 0.267 e. The van der Waals surface area contributed by atoms with Crippen molar-refractivity contribution in [2.75, 3.05) is 0 Å². The van der Waals surface area contributed by atoms with Crippen molar-refractivity contribution in [3.05, 3.63) is 78.8 Å². The van der Waals surface area contributed by atoms with E-state index in [1.165, 1.54) is 42.5 Å². The number of non-ortho nitro benzene ring substituents is 1. The van der Waals surface area contributed by atoms with Crippen LogP contribution in [-0.4, -0.2) is 22.0 Å². The molecular formula is C14H9ClN4O5. The Balaban J connectivity index is 2.18. The number of rotatable bonds is 5. The van der Waals surface area contributed by atoms with Gasteiger partial charge in [-0.15, -0.1) is 0 Å². The number of nitro groups is 2. The first-order valence-corrected chi connectivity index (χ1v) is 6.78. The summed E-state index contributed by atoms with van der Waals surface area (Å²) in [7, 11) is 0. The molecule has 2 aromatic carbocycles. The molecule has 0 saturated heterocycles. The highest BCUT2D eigenvalue weighted by atomic mass is 35.5. The lowest BCUT2D eigenvalue weighted by Gasteiger charge is -2.01. The molecule has 2 aromatic rings. The van der Waals surface area contributed by atoms with E-state index < -0.39 is 15.8 Å². The summed E-state index contributed by atoms with van der Waals surface area (Å²) in [4.78, 5) is 32.3. The summed E-state index contributed by atoms with van der Waals surface area (Å²) in [5.41, 5.74) is 1.62. The predicted octanol–water partition coefficient (Wildman–Crippen LogP) is 2.92. The van der Waals surface area contributed by atoms with Crippen molar-refractivity contribution in [1.29, 1.82) is 0 Å². The highest BCUT2D eigenvalue weighted by molar-refractivity contribution is 6.33. The third-order valence-corrected chi connectivity index (χ3v) is 3.25. The molecule has 0 atom stereocenters. The van der Waals surface area contributed by atoms with Crippen molar-refractivity contribution in [3.8, 4) is 0 Å². The van der Waals surface area contributed by atoms with Crippen molar-refractivity contribution in [2.24, 2.45) is 5.10 Å². The molecule has 0 heterocycles. The van der Waals surface area contributed by atoms with Crippen LogP contribution in [0.25, 0.3) is 0 Å². The van der Waals surface area contributed by atoms with Crippen molar-refractivity contribution in [1.82, 2.24) is 5.43 Å². The predicted molar refractivity (Wildman–Crippen MR) is 86.3 cm³/mol. The fraction of sp³-hybridized carbons (Fsp3) is 0. The average Bonchev–Trinajstić information content (AvgIpc) is 2.56. The molecule has 0 fully saturated rings. The zero-order valence-electron chi connectivity index (χ0n) is 11.9. The molecule has 0 aliphatic rings. The van der Waals surface area contributed by atoms with Gasteiger partial charge >= 0.3 is 0 Å². The third-order valence-electron chi connectivity index (χ3n) is 2.91. The van der Waals surface area contributed by atoms with E-state index in [-0.39, 0.29) is 27.5 Å². The summed E-state index contributed by atoms with van der Waals surface area (Å²) in [6, 6.07) is 9.11. The minimum atomic E-state index is -0.792. The molecule has 9 nitrogen and oxygen atoms in total. The molecule has 0 aromatic heterocycles. The van der Waals surface area contributed by atoms with Gasteiger partial charge in [0.15, 0.2) is 0 Å². The fourth-order valence-corrected chi connectivity index (χ4v) is 1.96. The monoisotopic (exact) mass is 348 g/mol. The molecular weight excluding hydrogens is 340 g/mol. The van der Waals surface area contributed by atoms with Gasteiger partial charge in [0.2, 0.25) is 0 Å². The van der Waals surface area contributed by atoms with E-state index in [4.69, 9.17) is 11.6 Å². The lowest BCUT2D eigenvalue weighted by molar-refractivity contribution is -0.385. The number of hydrogen-bond donors (Lipinski definition) is 1. The summed E-state index contributed by atoms with van der Waals surface area (Å²) >= 11 is 5.88. The number of para-hydroxylation sites is 1. The normalized spacial score (nSPS) is 10.5. The lowest BCUT2D eigenvalue weighted by Crippen LogP contribution is -2.19. The van der Waals surface area contributed by atoms with Crippen molar-refractivity contribution >= 4 is 35.1 Å². The quantitative estimate of drug-likeness (QED) is 0.504. The van der Waals surface area contributed by atoms with Gasteiger partial charge in [-0.25, -0.2) is 5.43 Å². The summed E-state index contributed by atoms with van der Waals surface area (Å²) in [6.45, 7) is 0. The fourth-order valence-electron chi connectivity index (χ4n) is 1.79. The Labute approximate surface area is 139 Å². The van der Waals surface area contributed by atoms with E-state index >= 15 is 0 Å². The molecule has 122 valence electrons. The number of hydrazone groups is 1. The van der Waals surface area contributed by atoms with E-state index in [0.717, 1.165) is 6.21 Å². The number of nitrogens with zero attached hydrogens (tertiary/aromatic N) is 3. The van der Waals surface area contributed by atoms with Gasteiger partial charge in [-0.3, -0.25) is 25.0 Å². The van der Waals surface area contributed by atoms with Crippen LogP contribution in [0.5, 0.6) is 0 Å². The number of carbonyl (C=O) groups excluding carboxylic acids is 1. The van der Waals surface area contributed by atoms with Crippen LogP contribution in [0, 0.1) is 20.2 Å². The molecule has 0 unspecified atom stereocenters. The number of amides is 1. The van der Waals surface area contributed by atoms with Crippen molar-refractivity contribution in [3.63, 3.8) is 0 Å². The van der Waals surface area contributed by atoms with Crippen LogP contribution < -0.4 is 5.43 Å². The lowest BCUT2D eigenvalue weighted by atomic mass is 10.2.